The van der Waals surface area contributed by atoms with Gasteiger partial charge < -0.3 is 9.64 Å². The van der Waals surface area contributed by atoms with Gasteiger partial charge in [0.25, 0.3) is 5.91 Å². The molecule has 1 N–H and O–H groups in total. The summed E-state index contributed by atoms with van der Waals surface area (Å²) in [5.74, 6) is -0.559. The van der Waals surface area contributed by atoms with Gasteiger partial charge in [-0.1, -0.05) is 72.1 Å². The van der Waals surface area contributed by atoms with Gasteiger partial charge >= 0.3 is 0 Å². The number of nitriles is 1. The van der Waals surface area contributed by atoms with Gasteiger partial charge in [-0.25, -0.2) is 4.39 Å². The van der Waals surface area contributed by atoms with E-state index >= 15 is 0 Å². The molecule has 204 valence electrons. The summed E-state index contributed by atoms with van der Waals surface area (Å²) in [5, 5.41) is 25.0. The molecule has 1 amide bonds. The molecule has 0 radical (unpaired) electrons. The lowest BCUT2D eigenvalue weighted by Crippen LogP contribution is -2.53. The Labute approximate surface area is 240 Å². The maximum Gasteiger partial charge on any atom is 0.253 e. The van der Waals surface area contributed by atoms with Crippen LogP contribution in [0, 0.1) is 17.1 Å². The van der Waals surface area contributed by atoms with E-state index in [0.717, 1.165) is 17.5 Å². The number of aromatic nitrogens is 4. The average molecular weight is 579 g/mol. The second kappa shape index (κ2) is 12.1. The number of benzene rings is 3. The van der Waals surface area contributed by atoms with Gasteiger partial charge in [-0.15, -0.1) is 10.2 Å². The topological polar surface area (TPSA) is 108 Å². The molecule has 0 aliphatic carbocycles. The third kappa shape index (κ3) is 5.70. The summed E-state index contributed by atoms with van der Waals surface area (Å²) in [5.41, 5.74) is 2.08. The normalized spacial score (nSPS) is 19.8. The van der Waals surface area contributed by atoms with Gasteiger partial charge in [0.15, 0.2) is 5.82 Å². The van der Waals surface area contributed by atoms with Crippen molar-refractivity contribution in [1.29, 1.82) is 5.26 Å². The summed E-state index contributed by atoms with van der Waals surface area (Å²) in [6.07, 6.45) is -0.158. The predicted octanol–water partition coefficient (Wildman–Crippen LogP) is 6.31. The Morgan fingerprint density at radius 3 is 2.33 bits per heavy atom. The van der Waals surface area contributed by atoms with Crippen molar-refractivity contribution in [3.05, 3.63) is 111 Å². The highest BCUT2D eigenvalue weighted by Gasteiger charge is 2.47. The van der Waals surface area contributed by atoms with Crippen LogP contribution in [-0.4, -0.2) is 37.5 Å². The Balaban J connectivity index is 1.64. The van der Waals surface area contributed by atoms with Crippen molar-refractivity contribution in [3.63, 3.8) is 0 Å². The lowest BCUT2D eigenvalue weighted by Gasteiger charge is -2.47. The van der Waals surface area contributed by atoms with Crippen LogP contribution in [0.5, 0.6) is 0 Å². The molecule has 0 unspecified atom stereocenters. The largest absolute Gasteiger partial charge is 0.358 e. The van der Waals surface area contributed by atoms with Crippen LogP contribution in [0.25, 0.3) is 0 Å². The fourth-order valence-electron chi connectivity index (χ4n) is 5.12. The van der Waals surface area contributed by atoms with Gasteiger partial charge in [0.05, 0.1) is 17.6 Å². The zero-order valence-electron chi connectivity index (χ0n) is 21.5. The molecule has 3 aromatic carbocycles. The molecule has 0 spiro atoms. The smallest absolute Gasteiger partial charge is 0.253 e. The lowest BCUT2D eigenvalue weighted by atomic mass is 9.88. The van der Waals surface area contributed by atoms with E-state index in [9.17, 15) is 9.18 Å². The highest BCUT2D eigenvalue weighted by molar-refractivity contribution is 6.30. The van der Waals surface area contributed by atoms with E-state index in [-0.39, 0.29) is 17.9 Å². The predicted molar refractivity (Wildman–Crippen MR) is 147 cm³/mol. The summed E-state index contributed by atoms with van der Waals surface area (Å²) in [6, 6.07) is 19.6. The lowest BCUT2D eigenvalue weighted by molar-refractivity contribution is -0.180. The van der Waals surface area contributed by atoms with Crippen LogP contribution in [0.2, 0.25) is 10.0 Å². The van der Waals surface area contributed by atoms with Crippen molar-refractivity contribution in [2.24, 2.45) is 0 Å². The molecule has 1 aliphatic heterocycles. The first-order valence-electron chi connectivity index (χ1n) is 12.8. The van der Waals surface area contributed by atoms with Gasteiger partial charge in [-0.3, -0.25) is 4.79 Å². The quantitative estimate of drug-likeness (QED) is 0.262. The first-order chi connectivity index (χ1) is 19.4. The first kappa shape index (κ1) is 27.7. The number of carbonyl (C=O) groups is 1. The standard InChI is InChI=1S/C29H25Cl2FN6O2/c1-2-3-24(28-34-36-37-35-28)38-26(18-6-10-21(30)11-7-18)27(19-8-12-22(31)13-9-19)40-25(29(38)39)15-17-4-5-20(16-33)23(32)14-17/h4-14,24-27H,2-3,15H2,1H3,(H,34,35,36,37)/t24-,25+,26-,27+/m1/s1. The van der Waals surface area contributed by atoms with E-state index in [4.69, 9.17) is 33.2 Å². The van der Waals surface area contributed by atoms with Crippen LogP contribution in [-0.2, 0) is 16.0 Å². The van der Waals surface area contributed by atoms with Gasteiger partial charge in [0.2, 0.25) is 0 Å². The molecule has 40 heavy (non-hydrogen) atoms. The number of nitrogens with one attached hydrogen (secondary N) is 1. The summed E-state index contributed by atoms with van der Waals surface area (Å²) in [7, 11) is 0. The molecule has 1 saturated heterocycles. The maximum absolute atomic E-state index is 14.5. The number of ether oxygens (including phenoxy) is 1. The second-order valence-electron chi connectivity index (χ2n) is 9.54. The number of hydrogen-bond acceptors (Lipinski definition) is 6. The molecule has 5 rings (SSSR count). The third-order valence-electron chi connectivity index (χ3n) is 6.97. The van der Waals surface area contributed by atoms with Crippen molar-refractivity contribution in [3.8, 4) is 6.07 Å². The molecule has 8 nitrogen and oxygen atoms in total. The van der Waals surface area contributed by atoms with Crippen LogP contribution in [0.15, 0.2) is 66.7 Å². The number of aromatic amines is 1. The zero-order chi connectivity index (χ0) is 28.2. The van der Waals surface area contributed by atoms with Crippen LogP contribution >= 0.6 is 23.2 Å². The second-order valence-corrected chi connectivity index (χ2v) is 10.4. The van der Waals surface area contributed by atoms with Gasteiger partial charge in [-0.05, 0) is 59.5 Å². The highest BCUT2D eigenvalue weighted by Crippen LogP contribution is 2.47. The minimum absolute atomic E-state index is 0.0665. The summed E-state index contributed by atoms with van der Waals surface area (Å²) in [4.78, 5) is 16.1. The Kier molecular flexibility index (Phi) is 8.40. The Bertz CT molecular complexity index is 1510. The number of nitrogens with zero attached hydrogens (tertiary/aromatic N) is 5. The highest BCUT2D eigenvalue weighted by atomic mass is 35.5. The minimum atomic E-state index is -0.956. The van der Waals surface area contributed by atoms with Crippen LogP contribution in [0.3, 0.4) is 0 Å². The molecule has 0 bridgehead atoms. The molecule has 11 heteroatoms. The number of halogens is 3. The van der Waals surface area contributed by atoms with Gasteiger partial charge in [-0.2, -0.15) is 10.5 Å². The van der Waals surface area contributed by atoms with Gasteiger partial charge in [0, 0.05) is 16.5 Å². The minimum Gasteiger partial charge on any atom is -0.358 e. The van der Waals surface area contributed by atoms with E-state index < -0.39 is 30.1 Å². The number of morpholine rings is 1. The number of rotatable bonds is 8. The molecular formula is C29H25Cl2FN6O2. The van der Waals surface area contributed by atoms with Gasteiger partial charge in [0.1, 0.15) is 24.1 Å². The Hall–Kier alpha value is -3.84. The van der Waals surface area contributed by atoms with Crippen molar-refractivity contribution in [1.82, 2.24) is 25.5 Å². The average Bonchev–Trinajstić information content (AvgIpc) is 3.49. The number of tetrazole rings is 1. The van der Waals surface area contributed by atoms with Crippen molar-refractivity contribution < 1.29 is 13.9 Å². The first-order valence-corrected chi connectivity index (χ1v) is 13.6. The maximum atomic E-state index is 14.5. The molecule has 1 aliphatic rings. The zero-order valence-corrected chi connectivity index (χ0v) is 23.0. The molecule has 4 aromatic rings. The fourth-order valence-corrected chi connectivity index (χ4v) is 5.37. The van der Waals surface area contributed by atoms with Crippen LogP contribution in [0.1, 0.15) is 66.0 Å². The fraction of sp³-hybridized carbons (Fsp3) is 0.276. The van der Waals surface area contributed by atoms with Crippen molar-refractivity contribution in [2.45, 2.75) is 50.5 Å². The number of carbonyl (C=O) groups excluding carboxylic acids is 1. The van der Waals surface area contributed by atoms with Crippen molar-refractivity contribution in [2.75, 3.05) is 0 Å². The van der Waals surface area contributed by atoms with E-state index in [1.54, 1.807) is 35.2 Å². The number of H-pyrrole nitrogens is 1. The van der Waals surface area contributed by atoms with Crippen molar-refractivity contribution >= 4 is 29.1 Å². The monoisotopic (exact) mass is 578 g/mol. The molecule has 1 aromatic heterocycles. The van der Waals surface area contributed by atoms with E-state index in [1.807, 2.05) is 37.3 Å². The SMILES string of the molecule is CCC[C@H](c1nn[nH]n1)N1C(=O)[C@H](Cc2ccc(C#N)c(F)c2)O[C@@H](c2ccc(Cl)cc2)[C@H]1c1ccc(Cl)cc1. The molecule has 0 saturated carbocycles. The number of amides is 1. The molecule has 2 heterocycles. The summed E-state index contributed by atoms with van der Waals surface area (Å²) in [6.45, 7) is 2.02. The summed E-state index contributed by atoms with van der Waals surface area (Å²) >= 11 is 12.4. The Morgan fingerprint density at radius 2 is 1.75 bits per heavy atom. The van der Waals surface area contributed by atoms with Crippen LogP contribution in [0.4, 0.5) is 4.39 Å². The van der Waals surface area contributed by atoms with E-state index in [0.29, 0.717) is 27.9 Å². The molecular weight excluding hydrogens is 554 g/mol. The van der Waals surface area contributed by atoms with Crippen LogP contribution < -0.4 is 0 Å². The molecule has 4 atom stereocenters. The van der Waals surface area contributed by atoms with E-state index in [2.05, 4.69) is 20.6 Å². The van der Waals surface area contributed by atoms with E-state index in [1.165, 1.54) is 12.1 Å². The molecule has 1 fully saturated rings. The summed E-state index contributed by atoms with van der Waals surface area (Å²) < 4.78 is 21.1. The Morgan fingerprint density at radius 1 is 1.07 bits per heavy atom. The number of hydrogen-bond donors (Lipinski definition) is 1. The third-order valence-corrected chi connectivity index (χ3v) is 7.47.